The highest BCUT2D eigenvalue weighted by Crippen LogP contribution is 2.27. The number of nitrogens with one attached hydrogen (secondary N) is 1. The summed E-state index contributed by atoms with van der Waals surface area (Å²) >= 11 is 1.56. The molecule has 7 heteroatoms. The second-order valence-electron chi connectivity index (χ2n) is 5.47. The molecule has 2 aromatic heterocycles. The number of carboxylic acids is 1. The van der Waals surface area contributed by atoms with Crippen molar-refractivity contribution in [2.75, 3.05) is 0 Å². The number of nitrogens with zero attached hydrogens (tertiary/aromatic N) is 2. The summed E-state index contributed by atoms with van der Waals surface area (Å²) in [5.41, 5.74) is -1.05. The quantitative estimate of drug-likeness (QED) is 0.907. The Kier molecular flexibility index (Phi) is 4.04. The molecule has 0 aromatic carbocycles. The molecular weight excluding hydrogens is 290 g/mol. The molecule has 0 fully saturated rings. The van der Waals surface area contributed by atoms with Gasteiger partial charge in [-0.05, 0) is 12.2 Å². The van der Waals surface area contributed by atoms with Gasteiger partial charge in [-0.3, -0.25) is 4.79 Å². The third-order valence-corrected chi connectivity index (χ3v) is 4.01. The molecule has 6 nitrogen and oxygen atoms in total. The highest BCUT2D eigenvalue weighted by Gasteiger charge is 2.17. The predicted molar refractivity (Wildman–Crippen MR) is 81.6 cm³/mol. The SMILES string of the molecule is CC(C)(C)c1ncc(/C=C/c2ncc(C(=O)O)c(=O)[nH]2)s1. The molecule has 110 valence electrons. The maximum absolute atomic E-state index is 11.5. The normalized spacial score (nSPS) is 12.0. The van der Waals surface area contributed by atoms with Crippen LogP contribution in [-0.4, -0.2) is 26.0 Å². The van der Waals surface area contributed by atoms with Crippen LogP contribution in [0.1, 0.15) is 46.8 Å². The molecule has 0 aliphatic carbocycles. The summed E-state index contributed by atoms with van der Waals surface area (Å²) in [5, 5.41) is 9.78. The van der Waals surface area contributed by atoms with Crippen LogP contribution in [0.15, 0.2) is 17.2 Å². The minimum Gasteiger partial charge on any atom is -0.477 e. The molecule has 0 aliphatic rings. The number of thiazole rings is 1. The molecule has 2 N–H and O–H groups in total. The van der Waals surface area contributed by atoms with E-state index in [2.05, 4.69) is 35.7 Å². The zero-order valence-corrected chi connectivity index (χ0v) is 12.7. The lowest BCUT2D eigenvalue weighted by atomic mass is 9.98. The summed E-state index contributed by atoms with van der Waals surface area (Å²) in [6, 6.07) is 0. The van der Waals surface area contributed by atoms with Gasteiger partial charge in [-0.25, -0.2) is 14.8 Å². The molecule has 2 rings (SSSR count). The van der Waals surface area contributed by atoms with E-state index in [9.17, 15) is 9.59 Å². The lowest BCUT2D eigenvalue weighted by Crippen LogP contribution is -2.18. The molecule has 0 atom stereocenters. The van der Waals surface area contributed by atoms with Gasteiger partial charge in [-0.1, -0.05) is 20.8 Å². The lowest BCUT2D eigenvalue weighted by Gasteiger charge is -2.13. The van der Waals surface area contributed by atoms with Crippen LogP contribution in [0.3, 0.4) is 0 Å². The van der Waals surface area contributed by atoms with Crippen LogP contribution < -0.4 is 5.56 Å². The molecular formula is C14H15N3O3S. The number of aromatic amines is 1. The largest absolute Gasteiger partial charge is 0.477 e. The first kappa shape index (κ1) is 15.1. The molecule has 0 bridgehead atoms. The van der Waals surface area contributed by atoms with Gasteiger partial charge in [0.05, 0.1) is 5.01 Å². The molecule has 21 heavy (non-hydrogen) atoms. The number of rotatable bonds is 3. The van der Waals surface area contributed by atoms with E-state index in [1.54, 1.807) is 29.7 Å². The molecule has 2 heterocycles. The van der Waals surface area contributed by atoms with E-state index in [1.807, 2.05) is 0 Å². The van der Waals surface area contributed by atoms with Crippen molar-refractivity contribution >= 4 is 29.5 Å². The minimum atomic E-state index is -1.29. The van der Waals surface area contributed by atoms with Crippen LogP contribution in [0, 0.1) is 0 Å². The van der Waals surface area contributed by atoms with E-state index in [4.69, 9.17) is 5.11 Å². The fraction of sp³-hybridized carbons (Fsp3) is 0.286. The molecule has 0 spiro atoms. The van der Waals surface area contributed by atoms with E-state index in [1.165, 1.54) is 0 Å². The molecule has 0 saturated heterocycles. The Hall–Kier alpha value is -2.28. The lowest BCUT2D eigenvalue weighted by molar-refractivity contribution is 0.0694. The van der Waals surface area contributed by atoms with Gasteiger partial charge in [0.1, 0.15) is 11.4 Å². The average molecular weight is 305 g/mol. The van der Waals surface area contributed by atoms with Gasteiger partial charge in [0.2, 0.25) is 0 Å². The number of hydrogen-bond acceptors (Lipinski definition) is 5. The summed E-state index contributed by atoms with van der Waals surface area (Å²) in [6.07, 6.45) is 6.21. The second-order valence-corrected chi connectivity index (χ2v) is 6.53. The topological polar surface area (TPSA) is 95.9 Å². The Balaban J connectivity index is 2.22. The highest BCUT2D eigenvalue weighted by atomic mass is 32.1. The van der Waals surface area contributed by atoms with Crippen molar-refractivity contribution in [1.29, 1.82) is 0 Å². The third-order valence-electron chi connectivity index (χ3n) is 2.62. The van der Waals surface area contributed by atoms with Gasteiger partial charge >= 0.3 is 5.97 Å². The van der Waals surface area contributed by atoms with Gasteiger partial charge in [0.15, 0.2) is 0 Å². The maximum atomic E-state index is 11.5. The number of aromatic nitrogens is 3. The number of aromatic carboxylic acids is 1. The first-order valence-electron chi connectivity index (χ1n) is 6.24. The van der Waals surface area contributed by atoms with Gasteiger partial charge in [-0.15, -0.1) is 11.3 Å². The summed E-state index contributed by atoms with van der Waals surface area (Å²) in [6.45, 7) is 6.26. The molecule has 0 saturated carbocycles. The smallest absolute Gasteiger partial charge is 0.342 e. The highest BCUT2D eigenvalue weighted by molar-refractivity contribution is 7.12. The summed E-state index contributed by atoms with van der Waals surface area (Å²) in [7, 11) is 0. The van der Waals surface area contributed by atoms with Crippen LogP contribution in [0.25, 0.3) is 12.2 Å². The van der Waals surface area contributed by atoms with E-state index in [0.717, 1.165) is 16.1 Å². The van der Waals surface area contributed by atoms with Crippen LogP contribution in [0.5, 0.6) is 0 Å². The van der Waals surface area contributed by atoms with Gasteiger partial charge < -0.3 is 10.1 Å². The molecule has 2 aromatic rings. The van der Waals surface area contributed by atoms with E-state index in [0.29, 0.717) is 5.82 Å². The van der Waals surface area contributed by atoms with Crippen molar-refractivity contribution < 1.29 is 9.90 Å². The fourth-order valence-corrected chi connectivity index (χ4v) is 2.39. The average Bonchev–Trinajstić information content (AvgIpc) is 2.84. The molecule has 0 amide bonds. The van der Waals surface area contributed by atoms with Crippen LogP contribution in [0.2, 0.25) is 0 Å². The standard InChI is InChI=1S/C14H15N3O3S/c1-14(2,3)13-16-6-8(21-13)4-5-10-15-7-9(12(19)20)11(18)17-10/h4-7H,1-3H3,(H,19,20)(H,15,17,18)/b5-4+. The summed E-state index contributed by atoms with van der Waals surface area (Å²) < 4.78 is 0. The molecule has 0 radical (unpaired) electrons. The van der Waals surface area contributed by atoms with E-state index >= 15 is 0 Å². The van der Waals surface area contributed by atoms with Gasteiger partial charge in [-0.2, -0.15) is 0 Å². The van der Waals surface area contributed by atoms with Crippen molar-refractivity contribution in [2.24, 2.45) is 0 Å². The van der Waals surface area contributed by atoms with Crippen LogP contribution in [-0.2, 0) is 5.41 Å². The predicted octanol–water partition coefficient (Wildman–Crippen LogP) is 2.39. The number of H-pyrrole nitrogens is 1. The molecule has 0 unspecified atom stereocenters. The Morgan fingerprint density at radius 1 is 1.29 bits per heavy atom. The summed E-state index contributed by atoms with van der Waals surface area (Å²) in [4.78, 5) is 33.8. The Morgan fingerprint density at radius 2 is 2.00 bits per heavy atom. The zero-order chi connectivity index (χ0) is 15.6. The van der Waals surface area contributed by atoms with E-state index < -0.39 is 11.5 Å². The Labute approximate surface area is 125 Å². The minimum absolute atomic E-state index is 0.00748. The first-order valence-corrected chi connectivity index (χ1v) is 7.06. The maximum Gasteiger partial charge on any atom is 0.342 e. The van der Waals surface area contributed by atoms with E-state index in [-0.39, 0.29) is 11.0 Å². The van der Waals surface area contributed by atoms with Crippen LogP contribution in [0.4, 0.5) is 0 Å². The van der Waals surface area contributed by atoms with Crippen molar-refractivity contribution in [1.82, 2.24) is 15.0 Å². The van der Waals surface area contributed by atoms with Crippen molar-refractivity contribution in [3.05, 3.63) is 44.0 Å². The summed E-state index contributed by atoms with van der Waals surface area (Å²) in [5.74, 6) is -0.993. The third kappa shape index (κ3) is 3.63. The number of carbonyl (C=O) groups is 1. The monoisotopic (exact) mass is 305 g/mol. The Bertz CT molecular complexity index is 753. The second kappa shape index (κ2) is 5.61. The fourth-order valence-electron chi connectivity index (χ4n) is 1.52. The van der Waals surface area contributed by atoms with Crippen molar-refractivity contribution in [3.63, 3.8) is 0 Å². The van der Waals surface area contributed by atoms with Crippen molar-refractivity contribution in [2.45, 2.75) is 26.2 Å². The first-order chi connectivity index (χ1) is 9.77. The Morgan fingerprint density at radius 3 is 2.52 bits per heavy atom. The number of hydrogen-bond donors (Lipinski definition) is 2. The van der Waals surface area contributed by atoms with Crippen molar-refractivity contribution in [3.8, 4) is 0 Å². The zero-order valence-electron chi connectivity index (χ0n) is 11.9. The molecule has 0 aliphatic heterocycles. The van der Waals surface area contributed by atoms with Gasteiger partial charge in [0.25, 0.3) is 5.56 Å². The van der Waals surface area contributed by atoms with Crippen LogP contribution >= 0.6 is 11.3 Å². The van der Waals surface area contributed by atoms with Gasteiger partial charge in [0, 0.05) is 22.7 Å². The number of carboxylic acid groups (broad SMARTS) is 1.